The molecular weight excluding hydrogens is 269 g/mol. The molecule has 0 aliphatic heterocycles. The summed E-state index contributed by atoms with van der Waals surface area (Å²) in [5.41, 5.74) is 1.89. The van der Waals surface area contributed by atoms with Crippen molar-refractivity contribution in [2.24, 2.45) is 0 Å². The molecule has 2 aromatic carbocycles. The van der Waals surface area contributed by atoms with E-state index in [-0.39, 0.29) is 11.6 Å². The highest BCUT2D eigenvalue weighted by Crippen LogP contribution is 2.18. The average Bonchev–Trinajstić information content (AvgIpc) is 2.48. The second-order valence-corrected chi connectivity index (χ2v) is 4.53. The Morgan fingerprint density at radius 2 is 1.71 bits per heavy atom. The molecule has 1 amide bonds. The summed E-state index contributed by atoms with van der Waals surface area (Å²) in [6.45, 7) is 1.34. The van der Waals surface area contributed by atoms with Crippen molar-refractivity contribution in [2.45, 2.75) is 6.92 Å². The van der Waals surface area contributed by atoms with Crippen LogP contribution < -0.4 is 10.1 Å². The number of anilines is 1. The van der Waals surface area contributed by atoms with Gasteiger partial charge in [0, 0.05) is 6.92 Å². The molecule has 0 unspecified atom stereocenters. The monoisotopic (exact) mass is 285 g/mol. The Balaban J connectivity index is 2.13. The smallest absolute Gasteiger partial charge is 0.221 e. The van der Waals surface area contributed by atoms with Crippen LogP contribution in [0.5, 0.6) is 5.75 Å². The van der Waals surface area contributed by atoms with Crippen molar-refractivity contribution in [1.82, 2.24) is 0 Å². The molecule has 0 radical (unpaired) electrons. The van der Waals surface area contributed by atoms with Gasteiger partial charge in [-0.05, 0) is 35.4 Å². The fourth-order valence-corrected chi connectivity index (χ4v) is 1.83. The summed E-state index contributed by atoms with van der Waals surface area (Å²) in [5.74, 6) is 0.0374. The van der Waals surface area contributed by atoms with E-state index in [0.29, 0.717) is 0 Å². The minimum atomic E-state index is -0.456. The van der Waals surface area contributed by atoms with Crippen LogP contribution in [0.25, 0.3) is 12.2 Å². The van der Waals surface area contributed by atoms with Gasteiger partial charge in [0.15, 0.2) is 0 Å². The normalized spacial score (nSPS) is 10.6. The lowest BCUT2D eigenvalue weighted by Crippen LogP contribution is -2.07. The Labute approximate surface area is 123 Å². The fourth-order valence-electron chi connectivity index (χ4n) is 1.83. The molecule has 0 fully saturated rings. The summed E-state index contributed by atoms with van der Waals surface area (Å²) < 4.78 is 18.9. The largest absolute Gasteiger partial charge is 0.497 e. The summed E-state index contributed by atoms with van der Waals surface area (Å²) in [4.78, 5) is 10.9. The minimum Gasteiger partial charge on any atom is -0.497 e. The number of ether oxygens (including phenoxy) is 1. The number of rotatable bonds is 4. The SMILES string of the molecule is COc1ccc(/C=C/c2ccc(NC(C)=O)c(F)c2)cc1. The predicted molar refractivity (Wildman–Crippen MR) is 82.6 cm³/mol. The van der Waals surface area contributed by atoms with Crippen molar-refractivity contribution in [3.05, 3.63) is 59.4 Å². The summed E-state index contributed by atoms with van der Waals surface area (Å²) in [6, 6.07) is 12.2. The number of hydrogen-bond donors (Lipinski definition) is 1. The zero-order valence-electron chi connectivity index (χ0n) is 11.9. The summed E-state index contributed by atoms with van der Waals surface area (Å²) in [7, 11) is 1.62. The molecule has 0 spiro atoms. The standard InChI is InChI=1S/C17H16FNO2/c1-12(20)19-17-10-7-14(11-16(17)18)4-3-13-5-8-15(21-2)9-6-13/h3-11H,1-2H3,(H,19,20)/b4-3+. The van der Waals surface area contributed by atoms with Crippen LogP contribution in [0.2, 0.25) is 0 Å². The summed E-state index contributed by atoms with van der Waals surface area (Å²) >= 11 is 0. The predicted octanol–water partition coefficient (Wildman–Crippen LogP) is 3.96. The first-order chi connectivity index (χ1) is 10.1. The first kappa shape index (κ1) is 14.8. The number of nitrogens with one attached hydrogen (secondary N) is 1. The Bertz CT molecular complexity index is 663. The first-order valence-corrected chi connectivity index (χ1v) is 6.48. The van der Waals surface area contributed by atoms with Crippen molar-refractivity contribution < 1.29 is 13.9 Å². The van der Waals surface area contributed by atoms with Crippen molar-refractivity contribution >= 4 is 23.7 Å². The van der Waals surface area contributed by atoms with Crippen LogP contribution in [0, 0.1) is 5.82 Å². The van der Waals surface area contributed by atoms with Gasteiger partial charge in [0.2, 0.25) is 5.91 Å². The number of benzene rings is 2. The second kappa shape index (κ2) is 6.70. The van der Waals surface area contributed by atoms with Crippen molar-refractivity contribution in [3.8, 4) is 5.75 Å². The third kappa shape index (κ3) is 4.18. The van der Waals surface area contributed by atoms with E-state index < -0.39 is 5.82 Å². The molecule has 0 saturated carbocycles. The molecule has 3 nitrogen and oxygen atoms in total. The highest BCUT2D eigenvalue weighted by Gasteiger charge is 2.03. The Hall–Kier alpha value is -2.62. The molecule has 21 heavy (non-hydrogen) atoms. The van der Waals surface area contributed by atoms with Crippen LogP contribution in [-0.4, -0.2) is 13.0 Å². The molecule has 4 heteroatoms. The quantitative estimate of drug-likeness (QED) is 0.863. The number of carbonyl (C=O) groups excluding carboxylic acids is 1. The van der Waals surface area contributed by atoms with E-state index in [9.17, 15) is 9.18 Å². The zero-order valence-corrected chi connectivity index (χ0v) is 11.9. The van der Waals surface area contributed by atoms with Gasteiger partial charge in [-0.25, -0.2) is 4.39 Å². The third-order valence-electron chi connectivity index (χ3n) is 2.89. The topological polar surface area (TPSA) is 38.3 Å². The van der Waals surface area contributed by atoms with Gasteiger partial charge >= 0.3 is 0 Å². The molecule has 108 valence electrons. The fraction of sp³-hybridized carbons (Fsp3) is 0.118. The molecular formula is C17H16FNO2. The highest BCUT2D eigenvalue weighted by atomic mass is 19.1. The number of methoxy groups -OCH3 is 1. The number of halogens is 1. The number of amides is 1. The summed E-state index contributed by atoms with van der Waals surface area (Å²) in [5, 5.41) is 2.43. The van der Waals surface area contributed by atoms with E-state index in [1.165, 1.54) is 13.0 Å². The van der Waals surface area contributed by atoms with Gasteiger partial charge in [-0.2, -0.15) is 0 Å². The van der Waals surface area contributed by atoms with Gasteiger partial charge < -0.3 is 10.1 Å². The summed E-state index contributed by atoms with van der Waals surface area (Å²) in [6.07, 6.45) is 3.69. The van der Waals surface area contributed by atoms with Crippen molar-refractivity contribution in [1.29, 1.82) is 0 Å². The maximum atomic E-state index is 13.8. The van der Waals surface area contributed by atoms with E-state index in [4.69, 9.17) is 4.74 Å². The maximum absolute atomic E-state index is 13.8. The molecule has 1 N–H and O–H groups in total. The third-order valence-corrected chi connectivity index (χ3v) is 2.89. The van der Waals surface area contributed by atoms with E-state index in [2.05, 4.69) is 5.32 Å². The van der Waals surface area contributed by atoms with E-state index in [1.54, 1.807) is 19.2 Å². The van der Waals surface area contributed by atoms with Gasteiger partial charge in [-0.3, -0.25) is 4.79 Å². The zero-order chi connectivity index (χ0) is 15.2. The van der Waals surface area contributed by atoms with Gasteiger partial charge in [-0.15, -0.1) is 0 Å². The minimum absolute atomic E-state index is 0.184. The number of hydrogen-bond acceptors (Lipinski definition) is 2. The van der Waals surface area contributed by atoms with Crippen LogP contribution in [0.4, 0.5) is 10.1 Å². The van der Waals surface area contributed by atoms with Gasteiger partial charge in [-0.1, -0.05) is 30.4 Å². The average molecular weight is 285 g/mol. The number of carbonyl (C=O) groups is 1. The Morgan fingerprint density at radius 1 is 1.10 bits per heavy atom. The Morgan fingerprint density at radius 3 is 2.29 bits per heavy atom. The van der Waals surface area contributed by atoms with Gasteiger partial charge in [0.1, 0.15) is 11.6 Å². The van der Waals surface area contributed by atoms with Gasteiger partial charge in [0.25, 0.3) is 0 Å². The van der Waals surface area contributed by atoms with Gasteiger partial charge in [0.05, 0.1) is 12.8 Å². The lowest BCUT2D eigenvalue weighted by Gasteiger charge is -2.04. The lowest BCUT2D eigenvalue weighted by molar-refractivity contribution is -0.114. The second-order valence-electron chi connectivity index (χ2n) is 4.53. The van der Waals surface area contributed by atoms with Crippen LogP contribution in [0.1, 0.15) is 18.1 Å². The molecule has 0 saturated heterocycles. The van der Waals surface area contributed by atoms with E-state index >= 15 is 0 Å². The van der Waals surface area contributed by atoms with Crippen LogP contribution >= 0.6 is 0 Å². The highest BCUT2D eigenvalue weighted by molar-refractivity contribution is 5.89. The molecule has 0 bridgehead atoms. The molecule has 0 heterocycles. The van der Waals surface area contributed by atoms with E-state index in [0.717, 1.165) is 16.9 Å². The van der Waals surface area contributed by atoms with E-state index in [1.807, 2.05) is 36.4 Å². The molecule has 0 aromatic heterocycles. The molecule has 2 rings (SSSR count). The van der Waals surface area contributed by atoms with Crippen molar-refractivity contribution in [3.63, 3.8) is 0 Å². The molecule has 0 aliphatic rings. The van der Waals surface area contributed by atoms with Crippen LogP contribution in [-0.2, 0) is 4.79 Å². The molecule has 0 aliphatic carbocycles. The Kier molecular flexibility index (Phi) is 4.72. The van der Waals surface area contributed by atoms with Crippen LogP contribution in [0.3, 0.4) is 0 Å². The maximum Gasteiger partial charge on any atom is 0.221 e. The lowest BCUT2D eigenvalue weighted by atomic mass is 10.1. The van der Waals surface area contributed by atoms with Crippen LogP contribution in [0.15, 0.2) is 42.5 Å². The molecule has 0 atom stereocenters. The first-order valence-electron chi connectivity index (χ1n) is 6.48. The van der Waals surface area contributed by atoms with Crippen molar-refractivity contribution in [2.75, 3.05) is 12.4 Å². The molecule has 2 aromatic rings.